The molecule has 0 fully saturated rings. The van der Waals surface area contributed by atoms with Gasteiger partial charge in [0.1, 0.15) is 11.5 Å². The van der Waals surface area contributed by atoms with Crippen molar-refractivity contribution in [1.29, 1.82) is 0 Å². The number of hydrogen-bond acceptors (Lipinski definition) is 2. The topological polar surface area (TPSA) is 40.5 Å². The van der Waals surface area contributed by atoms with E-state index < -0.39 is 0 Å². The number of hydrogen-bond donors (Lipinski definition) is 2. The molecule has 207 valence electrons. The molecule has 1 radical (unpaired) electrons. The van der Waals surface area contributed by atoms with Gasteiger partial charge in [-0.25, -0.2) is 0 Å². The molecule has 2 aromatic rings. The maximum absolute atomic E-state index is 9.98. The van der Waals surface area contributed by atoms with Crippen LogP contribution in [0.4, 0.5) is 0 Å². The molecule has 0 aliphatic rings. The molecule has 0 aliphatic carbocycles. The van der Waals surface area contributed by atoms with Gasteiger partial charge in [-0.2, -0.15) is 0 Å². The van der Waals surface area contributed by atoms with Gasteiger partial charge in [-0.15, -0.1) is 0 Å². The minimum atomic E-state index is 0.336. The maximum atomic E-state index is 9.98. The average molecular weight is 508 g/mol. The Kier molecular flexibility index (Phi) is 14.2. The summed E-state index contributed by atoms with van der Waals surface area (Å²) in [4.78, 5) is 0. The zero-order valence-electron chi connectivity index (χ0n) is 24.5. The lowest BCUT2D eigenvalue weighted by Crippen LogP contribution is -2.27. The van der Waals surface area contributed by atoms with Gasteiger partial charge in [0.2, 0.25) is 0 Å². The molecule has 0 amide bonds. The van der Waals surface area contributed by atoms with E-state index in [1.807, 2.05) is 24.3 Å². The SMILES string of the molecule is [CH2]CC(CC(CCCCCCCC)C(c1ccc(O)cc1)C(C)CC)C(c1ccc(O)cc1)C(C)CC. The highest BCUT2D eigenvalue weighted by molar-refractivity contribution is 5.31. The first-order valence-electron chi connectivity index (χ1n) is 15.2. The molecular formula is C35H55O2. The van der Waals surface area contributed by atoms with Crippen LogP contribution in [0.5, 0.6) is 11.5 Å². The van der Waals surface area contributed by atoms with Crippen molar-refractivity contribution >= 4 is 0 Å². The van der Waals surface area contributed by atoms with E-state index in [0.717, 1.165) is 19.3 Å². The number of aromatic hydroxyl groups is 2. The standard InChI is InChI=1S/C35H55O2/c1-7-11-12-13-14-15-16-31(35(27(6)9-3)30-19-23-33(37)24-20-30)25-28(10-4)34(26(5)8-2)29-17-21-32(36)22-18-29/h17-24,26-28,31,34-37H,4,7-16,25H2,1-3,5-6H3. The zero-order chi connectivity index (χ0) is 27.2. The lowest BCUT2D eigenvalue weighted by Gasteiger charge is -2.38. The van der Waals surface area contributed by atoms with E-state index in [9.17, 15) is 10.2 Å². The van der Waals surface area contributed by atoms with Crippen molar-refractivity contribution in [2.24, 2.45) is 23.7 Å². The normalized spacial score (nSPS) is 16.6. The first kappa shape index (κ1) is 31.3. The Morgan fingerprint density at radius 1 is 0.622 bits per heavy atom. The van der Waals surface area contributed by atoms with Crippen LogP contribution in [0.15, 0.2) is 48.5 Å². The number of unbranched alkanes of at least 4 members (excludes halogenated alkanes) is 5. The minimum absolute atomic E-state index is 0.336. The van der Waals surface area contributed by atoms with Gasteiger partial charge in [0.25, 0.3) is 0 Å². The summed E-state index contributed by atoms with van der Waals surface area (Å²) in [5.74, 6) is 3.81. The van der Waals surface area contributed by atoms with E-state index in [0.29, 0.717) is 47.0 Å². The van der Waals surface area contributed by atoms with Crippen molar-refractivity contribution in [3.8, 4) is 11.5 Å². The fraction of sp³-hybridized carbons (Fsp3) is 0.629. The summed E-state index contributed by atoms with van der Waals surface area (Å²) >= 11 is 0. The molecule has 2 N–H and O–H groups in total. The second kappa shape index (κ2) is 16.8. The molecule has 0 aliphatic heterocycles. The van der Waals surface area contributed by atoms with Crippen molar-refractivity contribution < 1.29 is 10.2 Å². The molecule has 0 saturated carbocycles. The zero-order valence-corrected chi connectivity index (χ0v) is 24.5. The van der Waals surface area contributed by atoms with Crippen molar-refractivity contribution in [2.45, 2.75) is 117 Å². The molecule has 37 heavy (non-hydrogen) atoms. The third-order valence-corrected chi connectivity index (χ3v) is 8.99. The third-order valence-electron chi connectivity index (χ3n) is 8.99. The molecule has 2 rings (SSSR count). The van der Waals surface area contributed by atoms with Crippen molar-refractivity contribution in [1.82, 2.24) is 0 Å². The molecular weight excluding hydrogens is 452 g/mol. The Labute approximate surface area is 228 Å². The Balaban J connectivity index is 2.38. The van der Waals surface area contributed by atoms with Gasteiger partial charge < -0.3 is 10.2 Å². The second-order valence-corrected chi connectivity index (χ2v) is 11.6. The van der Waals surface area contributed by atoms with Crippen LogP contribution in [-0.2, 0) is 0 Å². The molecule has 6 atom stereocenters. The van der Waals surface area contributed by atoms with Crippen LogP contribution >= 0.6 is 0 Å². The van der Waals surface area contributed by atoms with Crippen LogP contribution in [0.25, 0.3) is 0 Å². The molecule has 2 nitrogen and oxygen atoms in total. The van der Waals surface area contributed by atoms with Gasteiger partial charge in [-0.1, -0.05) is 117 Å². The van der Waals surface area contributed by atoms with Crippen LogP contribution in [-0.4, -0.2) is 10.2 Å². The molecule has 2 heteroatoms. The van der Waals surface area contributed by atoms with Crippen LogP contribution in [0, 0.1) is 30.6 Å². The lowest BCUT2D eigenvalue weighted by atomic mass is 9.66. The Bertz CT molecular complexity index is 841. The summed E-state index contributed by atoms with van der Waals surface area (Å²) < 4.78 is 0. The smallest absolute Gasteiger partial charge is 0.115 e. The second-order valence-electron chi connectivity index (χ2n) is 11.6. The quantitative estimate of drug-likeness (QED) is 0.197. The van der Waals surface area contributed by atoms with Crippen molar-refractivity contribution in [2.75, 3.05) is 0 Å². The summed E-state index contributed by atoms with van der Waals surface area (Å²) in [5.41, 5.74) is 2.71. The largest absolute Gasteiger partial charge is 0.508 e. The molecule has 0 saturated heterocycles. The van der Waals surface area contributed by atoms with E-state index in [1.54, 1.807) is 0 Å². The number of phenolic OH excluding ortho intramolecular Hbond substituents is 2. The first-order valence-corrected chi connectivity index (χ1v) is 15.2. The van der Waals surface area contributed by atoms with Crippen LogP contribution in [0.2, 0.25) is 0 Å². The van der Waals surface area contributed by atoms with Gasteiger partial charge in [0.05, 0.1) is 0 Å². The Morgan fingerprint density at radius 2 is 1.05 bits per heavy atom. The molecule has 0 aromatic heterocycles. The summed E-state index contributed by atoms with van der Waals surface area (Å²) in [6.45, 7) is 16.2. The maximum Gasteiger partial charge on any atom is 0.115 e. The highest BCUT2D eigenvalue weighted by atomic mass is 16.3. The molecule has 0 heterocycles. The van der Waals surface area contributed by atoms with E-state index in [1.165, 1.54) is 62.5 Å². The Morgan fingerprint density at radius 3 is 1.49 bits per heavy atom. The van der Waals surface area contributed by atoms with Gasteiger partial charge in [-0.05, 0) is 90.2 Å². The highest BCUT2D eigenvalue weighted by Gasteiger charge is 2.33. The van der Waals surface area contributed by atoms with Gasteiger partial charge in [0.15, 0.2) is 0 Å². The average Bonchev–Trinajstić information content (AvgIpc) is 2.91. The number of benzene rings is 2. The van der Waals surface area contributed by atoms with Crippen LogP contribution in [0.3, 0.4) is 0 Å². The fourth-order valence-electron chi connectivity index (χ4n) is 6.50. The van der Waals surface area contributed by atoms with Crippen molar-refractivity contribution in [3.63, 3.8) is 0 Å². The Hall–Kier alpha value is -1.96. The fourth-order valence-corrected chi connectivity index (χ4v) is 6.50. The van der Waals surface area contributed by atoms with E-state index in [4.69, 9.17) is 0 Å². The van der Waals surface area contributed by atoms with Crippen LogP contribution in [0.1, 0.15) is 128 Å². The summed E-state index contributed by atoms with van der Waals surface area (Å²) in [5, 5.41) is 19.9. The molecule has 6 unspecified atom stereocenters. The van der Waals surface area contributed by atoms with Gasteiger partial charge >= 0.3 is 0 Å². The molecule has 2 aromatic carbocycles. The van der Waals surface area contributed by atoms with Gasteiger partial charge in [0, 0.05) is 0 Å². The van der Waals surface area contributed by atoms with Crippen LogP contribution < -0.4 is 0 Å². The molecule has 0 bridgehead atoms. The van der Waals surface area contributed by atoms with E-state index >= 15 is 0 Å². The summed E-state index contributed by atoms with van der Waals surface area (Å²) in [6.07, 6.45) is 13.6. The summed E-state index contributed by atoms with van der Waals surface area (Å²) in [7, 11) is 0. The predicted molar refractivity (Wildman–Crippen MR) is 160 cm³/mol. The van der Waals surface area contributed by atoms with Crippen molar-refractivity contribution in [3.05, 3.63) is 66.6 Å². The number of rotatable bonds is 18. The van der Waals surface area contributed by atoms with E-state index in [-0.39, 0.29) is 0 Å². The number of phenols is 2. The lowest BCUT2D eigenvalue weighted by molar-refractivity contribution is 0.205. The monoisotopic (exact) mass is 507 g/mol. The first-order chi connectivity index (χ1) is 17.9. The highest BCUT2D eigenvalue weighted by Crippen LogP contribution is 2.46. The van der Waals surface area contributed by atoms with E-state index in [2.05, 4.69) is 65.8 Å². The minimum Gasteiger partial charge on any atom is -0.508 e. The third kappa shape index (κ3) is 9.69. The molecule has 0 spiro atoms. The summed E-state index contributed by atoms with van der Waals surface area (Å²) in [6, 6.07) is 16.0. The van der Waals surface area contributed by atoms with Gasteiger partial charge in [-0.3, -0.25) is 0 Å². The predicted octanol–water partition coefficient (Wildman–Crippen LogP) is 10.7.